The van der Waals surface area contributed by atoms with Gasteiger partial charge in [-0.05, 0) is 25.0 Å². The van der Waals surface area contributed by atoms with Crippen molar-refractivity contribution in [3.63, 3.8) is 0 Å². The molecule has 1 saturated carbocycles. The summed E-state index contributed by atoms with van der Waals surface area (Å²) in [7, 11) is 0. The van der Waals surface area contributed by atoms with E-state index in [9.17, 15) is 4.79 Å². The van der Waals surface area contributed by atoms with E-state index in [4.69, 9.17) is 0 Å². The SMILES string of the molecule is O=C(CNC1CC1)NCCSc1ccccc1. The third-order valence-electron chi connectivity index (χ3n) is 2.56. The van der Waals surface area contributed by atoms with Crippen LogP contribution in [0.1, 0.15) is 12.8 Å². The first kappa shape index (κ1) is 12.5. The van der Waals surface area contributed by atoms with Crippen molar-refractivity contribution in [1.82, 2.24) is 10.6 Å². The Labute approximate surface area is 106 Å². The van der Waals surface area contributed by atoms with Crippen LogP contribution in [0.15, 0.2) is 35.2 Å². The van der Waals surface area contributed by atoms with Crippen LogP contribution in [0.25, 0.3) is 0 Å². The summed E-state index contributed by atoms with van der Waals surface area (Å²) < 4.78 is 0. The molecule has 17 heavy (non-hydrogen) atoms. The van der Waals surface area contributed by atoms with Crippen LogP contribution < -0.4 is 10.6 Å². The molecule has 1 fully saturated rings. The number of nitrogens with one attached hydrogen (secondary N) is 2. The van der Waals surface area contributed by atoms with Crippen LogP contribution in [0.5, 0.6) is 0 Å². The monoisotopic (exact) mass is 250 g/mol. The molecular formula is C13H18N2OS. The molecular weight excluding hydrogens is 232 g/mol. The van der Waals surface area contributed by atoms with E-state index < -0.39 is 0 Å². The molecule has 1 aliphatic rings. The van der Waals surface area contributed by atoms with Gasteiger partial charge in [0.25, 0.3) is 0 Å². The number of thioether (sulfide) groups is 1. The standard InChI is InChI=1S/C13H18N2OS/c16-13(10-15-11-6-7-11)14-8-9-17-12-4-2-1-3-5-12/h1-5,11,15H,6-10H2,(H,14,16). The predicted molar refractivity (Wildman–Crippen MR) is 71.2 cm³/mol. The second-order valence-electron chi connectivity index (χ2n) is 4.17. The molecule has 2 rings (SSSR count). The largest absolute Gasteiger partial charge is 0.354 e. The molecule has 1 aromatic rings. The molecule has 0 bridgehead atoms. The van der Waals surface area contributed by atoms with E-state index >= 15 is 0 Å². The first-order valence-corrected chi connectivity index (χ1v) is 7.01. The normalized spacial score (nSPS) is 14.6. The average molecular weight is 250 g/mol. The van der Waals surface area contributed by atoms with Crippen LogP contribution in [0.3, 0.4) is 0 Å². The van der Waals surface area contributed by atoms with Gasteiger partial charge in [-0.2, -0.15) is 0 Å². The third-order valence-corrected chi connectivity index (χ3v) is 3.58. The fraction of sp³-hybridized carbons (Fsp3) is 0.462. The van der Waals surface area contributed by atoms with E-state index in [-0.39, 0.29) is 5.91 Å². The maximum atomic E-state index is 11.4. The van der Waals surface area contributed by atoms with Crippen LogP contribution in [0.4, 0.5) is 0 Å². The summed E-state index contributed by atoms with van der Waals surface area (Å²) in [6.07, 6.45) is 2.44. The highest BCUT2D eigenvalue weighted by Crippen LogP contribution is 2.18. The summed E-state index contributed by atoms with van der Waals surface area (Å²) in [5.41, 5.74) is 0. The van der Waals surface area contributed by atoms with Gasteiger partial charge < -0.3 is 10.6 Å². The Morgan fingerprint density at radius 2 is 2.06 bits per heavy atom. The van der Waals surface area contributed by atoms with E-state index in [1.54, 1.807) is 11.8 Å². The minimum Gasteiger partial charge on any atom is -0.354 e. The van der Waals surface area contributed by atoms with Crippen molar-refractivity contribution in [2.45, 2.75) is 23.8 Å². The van der Waals surface area contributed by atoms with Gasteiger partial charge in [0, 0.05) is 23.2 Å². The van der Waals surface area contributed by atoms with Crippen LogP contribution in [-0.4, -0.2) is 30.8 Å². The molecule has 2 N–H and O–H groups in total. The van der Waals surface area contributed by atoms with Crippen molar-refractivity contribution in [3.05, 3.63) is 30.3 Å². The first-order chi connectivity index (χ1) is 8.34. The third kappa shape index (κ3) is 5.24. The summed E-state index contributed by atoms with van der Waals surface area (Å²) in [6.45, 7) is 1.19. The number of hydrogen-bond donors (Lipinski definition) is 2. The Morgan fingerprint density at radius 3 is 2.76 bits per heavy atom. The Hall–Kier alpha value is -1.00. The highest BCUT2D eigenvalue weighted by Gasteiger charge is 2.20. The zero-order chi connectivity index (χ0) is 11.9. The van der Waals surface area contributed by atoms with Crippen molar-refractivity contribution in [2.24, 2.45) is 0 Å². The van der Waals surface area contributed by atoms with E-state index in [2.05, 4.69) is 22.8 Å². The van der Waals surface area contributed by atoms with Crippen molar-refractivity contribution in [2.75, 3.05) is 18.8 Å². The van der Waals surface area contributed by atoms with Gasteiger partial charge in [-0.25, -0.2) is 0 Å². The molecule has 3 nitrogen and oxygen atoms in total. The number of amides is 1. The van der Waals surface area contributed by atoms with Gasteiger partial charge in [-0.3, -0.25) is 4.79 Å². The van der Waals surface area contributed by atoms with Gasteiger partial charge in [0.1, 0.15) is 0 Å². The van der Waals surface area contributed by atoms with Crippen molar-refractivity contribution in [3.8, 4) is 0 Å². The number of carbonyl (C=O) groups is 1. The van der Waals surface area contributed by atoms with E-state index in [1.165, 1.54) is 17.7 Å². The van der Waals surface area contributed by atoms with Gasteiger partial charge in [-0.15, -0.1) is 11.8 Å². The van der Waals surface area contributed by atoms with Gasteiger partial charge >= 0.3 is 0 Å². The predicted octanol–water partition coefficient (Wildman–Crippen LogP) is 1.65. The topological polar surface area (TPSA) is 41.1 Å². The highest BCUT2D eigenvalue weighted by atomic mass is 32.2. The van der Waals surface area contributed by atoms with Crippen LogP contribution in [0, 0.1) is 0 Å². The summed E-state index contributed by atoms with van der Waals surface area (Å²) in [5, 5.41) is 6.11. The quantitative estimate of drug-likeness (QED) is 0.571. The molecule has 4 heteroatoms. The van der Waals surface area contributed by atoms with E-state index in [1.807, 2.05) is 18.2 Å². The molecule has 0 aliphatic heterocycles. The maximum Gasteiger partial charge on any atom is 0.233 e. The van der Waals surface area contributed by atoms with Crippen molar-refractivity contribution >= 4 is 17.7 Å². The minimum atomic E-state index is 0.102. The number of carbonyl (C=O) groups excluding carboxylic acids is 1. The van der Waals surface area contributed by atoms with Gasteiger partial charge in [0.05, 0.1) is 6.54 Å². The van der Waals surface area contributed by atoms with Crippen molar-refractivity contribution < 1.29 is 4.79 Å². The van der Waals surface area contributed by atoms with Crippen molar-refractivity contribution in [1.29, 1.82) is 0 Å². The fourth-order valence-corrected chi connectivity index (χ4v) is 2.25. The van der Waals surface area contributed by atoms with E-state index in [0.717, 1.165) is 12.3 Å². The molecule has 1 aliphatic carbocycles. The Bertz CT molecular complexity index is 352. The van der Waals surface area contributed by atoms with Gasteiger partial charge in [0.2, 0.25) is 5.91 Å². The molecule has 0 heterocycles. The summed E-state index contributed by atoms with van der Waals surface area (Å²) in [5.74, 6) is 1.02. The average Bonchev–Trinajstić information content (AvgIpc) is 3.17. The van der Waals surface area contributed by atoms with Gasteiger partial charge in [0.15, 0.2) is 0 Å². The highest BCUT2D eigenvalue weighted by molar-refractivity contribution is 7.99. The zero-order valence-corrected chi connectivity index (χ0v) is 10.6. The zero-order valence-electron chi connectivity index (χ0n) is 9.82. The fourth-order valence-electron chi connectivity index (χ4n) is 1.46. The number of hydrogen-bond acceptors (Lipinski definition) is 3. The van der Waals surface area contributed by atoms with Crippen LogP contribution in [0.2, 0.25) is 0 Å². The molecule has 0 aromatic heterocycles. The molecule has 0 saturated heterocycles. The molecule has 1 aromatic carbocycles. The lowest BCUT2D eigenvalue weighted by atomic mass is 10.4. The lowest BCUT2D eigenvalue weighted by Crippen LogP contribution is -2.35. The van der Waals surface area contributed by atoms with E-state index in [0.29, 0.717) is 12.6 Å². The number of benzene rings is 1. The smallest absolute Gasteiger partial charge is 0.233 e. The molecule has 0 unspecified atom stereocenters. The summed E-state index contributed by atoms with van der Waals surface area (Å²) in [6, 6.07) is 10.8. The molecule has 0 spiro atoms. The summed E-state index contributed by atoms with van der Waals surface area (Å²) in [4.78, 5) is 12.7. The lowest BCUT2D eigenvalue weighted by molar-refractivity contribution is -0.120. The molecule has 92 valence electrons. The van der Waals surface area contributed by atoms with Crippen LogP contribution in [-0.2, 0) is 4.79 Å². The Kier molecular flexibility index (Phi) is 4.88. The maximum absolute atomic E-state index is 11.4. The minimum absolute atomic E-state index is 0.102. The molecule has 0 atom stereocenters. The lowest BCUT2D eigenvalue weighted by Gasteiger charge is -2.05. The molecule has 0 radical (unpaired) electrons. The second-order valence-corrected chi connectivity index (χ2v) is 5.33. The second kappa shape index (κ2) is 6.67. The first-order valence-electron chi connectivity index (χ1n) is 6.02. The number of rotatable bonds is 7. The Morgan fingerprint density at radius 1 is 1.29 bits per heavy atom. The van der Waals surface area contributed by atoms with Gasteiger partial charge in [-0.1, -0.05) is 18.2 Å². The Balaban J connectivity index is 1.51. The van der Waals surface area contributed by atoms with Crippen LogP contribution >= 0.6 is 11.8 Å². The molecule has 1 amide bonds. The summed E-state index contributed by atoms with van der Waals surface area (Å²) >= 11 is 1.76.